The number of rotatable bonds is 10. The second-order valence-electron chi connectivity index (χ2n) is 6.21. The van der Waals surface area contributed by atoms with Gasteiger partial charge in [0.1, 0.15) is 11.5 Å². The highest BCUT2D eigenvalue weighted by atomic mass is 16.5. The van der Waals surface area contributed by atoms with Gasteiger partial charge in [0.2, 0.25) is 0 Å². The van der Waals surface area contributed by atoms with Crippen LogP contribution in [0.3, 0.4) is 0 Å². The Labute approximate surface area is 161 Å². The molecule has 0 aliphatic heterocycles. The molecular weight excluding hydrogens is 338 g/mol. The Morgan fingerprint density at radius 1 is 1.22 bits per heavy atom. The van der Waals surface area contributed by atoms with E-state index >= 15 is 0 Å². The quantitative estimate of drug-likeness (QED) is 0.531. The van der Waals surface area contributed by atoms with Crippen LogP contribution in [0.4, 0.5) is 5.69 Å². The van der Waals surface area contributed by atoms with Crippen molar-refractivity contribution in [1.29, 1.82) is 0 Å². The van der Waals surface area contributed by atoms with E-state index in [0.29, 0.717) is 17.9 Å². The summed E-state index contributed by atoms with van der Waals surface area (Å²) in [4.78, 5) is 0. The highest BCUT2D eigenvalue weighted by molar-refractivity contribution is 5.79. The zero-order chi connectivity index (χ0) is 19.8. The number of ether oxygens (including phenoxy) is 2. The molecule has 142 valence electrons. The van der Waals surface area contributed by atoms with Crippen LogP contribution in [0.2, 0.25) is 0 Å². The van der Waals surface area contributed by atoms with Gasteiger partial charge in [0.15, 0.2) is 0 Å². The average molecular weight is 365 g/mol. The van der Waals surface area contributed by atoms with E-state index in [1.807, 2.05) is 49.4 Å². The third kappa shape index (κ3) is 5.50. The van der Waals surface area contributed by atoms with E-state index in [0.717, 1.165) is 29.0 Å². The summed E-state index contributed by atoms with van der Waals surface area (Å²) >= 11 is 0. The minimum absolute atomic E-state index is 0.166. The first kappa shape index (κ1) is 20.3. The molecule has 0 saturated carbocycles. The first-order valence-electron chi connectivity index (χ1n) is 8.80. The Morgan fingerprint density at radius 3 is 2.67 bits per heavy atom. The van der Waals surface area contributed by atoms with E-state index in [-0.39, 0.29) is 11.9 Å². The van der Waals surface area contributed by atoms with Gasteiger partial charge in [0, 0.05) is 42.1 Å². The molecule has 4 nitrogen and oxygen atoms in total. The number of methoxy groups -OCH3 is 1. The third-order valence-corrected chi connectivity index (χ3v) is 4.29. The second-order valence-corrected chi connectivity index (χ2v) is 6.21. The van der Waals surface area contributed by atoms with Gasteiger partial charge in [0.25, 0.3) is 0 Å². The Bertz CT molecular complexity index is 826. The van der Waals surface area contributed by atoms with Crippen LogP contribution in [0, 0.1) is 0 Å². The Morgan fingerprint density at radius 2 is 1.96 bits per heavy atom. The first-order chi connectivity index (χ1) is 13.0. The molecule has 1 atom stereocenters. The second kappa shape index (κ2) is 9.64. The van der Waals surface area contributed by atoms with Crippen molar-refractivity contribution in [3.8, 4) is 11.5 Å². The molecule has 0 aliphatic rings. The van der Waals surface area contributed by atoms with Crippen LogP contribution >= 0.6 is 0 Å². The number of aromatic hydroxyl groups is 1. The van der Waals surface area contributed by atoms with E-state index in [9.17, 15) is 5.11 Å². The summed E-state index contributed by atoms with van der Waals surface area (Å²) < 4.78 is 11.1. The fourth-order valence-electron chi connectivity index (χ4n) is 2.57. The average Bonchev–Trinajstić information content (AvgIpc) is 2.67. The van der Waals surface area contributed by atoms with Crippen LogP contribution < -0.4 is 10.1 Å². The molecule has 2 aromatic carbocycles. The summed E-state index contributed by atoms with van der Waals surface area (Å²) in [5.74, 6) is 0.912. The van der Waals surface area contributed by atoms with Crippen LogP contribution in [0.25, 0.3) is 5.70 Å². The van der Waals surface area contributed by atoms with Crippen molar-refractivity contribution in [3.63, 3.8) is 0 Å². The van der Waals surface area contributed by atoms with Crippen molar-refractivity contribution in [3.05, 3.63) is 85.0 Å². The molecule has 0 fully saturated rings. The lowest BCUT2D eigenvalue weighted by Gasteiger charge is -2.17. The molecule has 2 aromatic rings. The standard InChI is InChI=1S/C23H27NO3/c1-6-16(2)13-14-27-20-10-7-9-19(15-20)24-17(3)21-11-8-12-22(23(21)25)18(4)26-5/h6-12,15,18,24-25H,1-3,13-14H2,4-5H3. The van der Waals surface area contributed by atoms with Gasteiger partial charge >= 0.3 is 0 Å². The molecule has 27 heavy (non-hydrogen) atoms. The normalized spacial score (nSPS) is 11.5. The molecule has 0 spiro atoms. The van der Waals surface area contributed by atoms with Gasteiger partial charge in [-0.2, -0.15) is 0 Å². The van der Waals surface area contributed by atoms with Gasteiger partial charge in [-0.15, -0.1) is 0 Å². The lowest BCUT2D eigenvalue weighted by Crippen LogP contribution is -2.02. The number of phenols is 1. The molecule has 0 bridgehead atoms. The predicted molar refractivity (Wildman–Crippen MR) is 112 cm³/mol. The SMILES string of the molecule is C=CC(=C)CCOc1cccc(NC(=C)c2cccc(C(C)OC)c2O)c1. The Kier molecular flexibility index (Phi) is 7.26. The number of nitrogens with one attached hydrogen (secondary N) is 1. The van der Waals surface area contributed by atoms with Crippen molar-refractivity contribution in [2.75, 3.05) is 19.0 Å². The van der Waals surface area contributed by atoms with Gasteiger partial charge < -0.3 is 19.9 Å². The topological polar surface area (TPSA) is 50.7 Å². The summed E-state index contributed by atoms with van der Waals surface area (Å²) in [6.07, 6.45) is 2.25. The monoisotopic (exact) mass is 365 g/mol. The molecule has 0 heterocycles. The van der Waals surface area contributed by atoms with Crippen molar-refractivity contribution in [2.24, 2.45) is 0 Å². The molecule has 2 rings (SSSR count). The van der Waals surface area contributed by atoms with E-state index in [2.05, 4.69) is 25.1 Å². The van der Waals surface area contributed by atoms with Gasteiger partial charge in [-0.05, 0) is 25.1 Å². The summed E-state index contributed by atoms with van der Waals surface area (Å²) in [6.45, 7) is 14.0. The van der Waals surface area contributed by atoms with E-state index in [1.165, 1.54) is 0 Å². The maximum atomic E-state index is 10.6. The number of benzene rings is 2. The van der Waals surface area contributed by atoms with Crippen molar-refractivity contribution in [2.45, 2.75) is 19.4 Å². The van der Waals surface area contributed by atoms with E-state index in [4.69, 9.17) is 9.47 Å². The molecule has 0 aliphatic carbocycles. The fourth-order valence-corrected chi connectivity index (χ4v) is 2.57. The summed E-state index contributed by atoms with van der Waals surface area (Å²) in [7, 11) is 1.61. The van der Waals surface area contributed by atoms with Gasteiger partial charge in [0.05, 0.1) is 12.7 Å². The lowest BCUT2D eigenvalue weighted by atomic mass is 10.0. The number of para-hydroxylation sites is 1. The molecule has 0 saturated heterocycles. The molecular formula is C23H27NO3. The number of hydrogen-bond donors (Lipinski definition) is 2. The third-order valence-electron chi connectivity index (χ3n) is 4.29. The molecule has 0 radical (unpaired) electrons. The number of hydrogen-bond acceptors (Lipinski definition) is 4. The zero-order valence-electron chi connectivity index (χ0n) is 16.0. The fraction of sp³-hybridized carbons (Fsp3) is 0.217. The lowest BCUT2D eigenvalue weighted by molar-refractivity contribution is 0.117. The minimum Gasteiger partial charge on any atom is -0.507 e. The van der Waals surface area contributed by atoms with Crippen molar-refractivity contribution >= 4 is 11.4 Å². The van der Waals surface area contributed by atoms with E-state index in [1.54, 1.807) is 13.2 Å². The Balaban J connectivity index is 2.09. The predicted octanol–water partition coefficient (Wildman–Crippen LogP) is 5.69. The molecule has 0 aromatic heterocycles. The van der Waals surface area contributed by atoms with E-state index < -0.39 is 0 Å². The smallest absolute Gasteiger partial charge is 0.130 e. The molecule has 4 heteroatoms. The van der Waals surface area contributed by atoms with Gasteiger partial charge in [-0.25, -0.2) is 0 Å². The molecule has 2 N–H and O–H groups in total. The molecule has 1 unspecified atom stereocenters. The van der Waals surface area contributed by atoms with Gasteiger partial charge in [-0.1, -0.05) is 49.6 Å². The summed E-state index contributed by atoms with van der Waals surface area (Å²) in [6, 6.07) is 13.1. The van der Waals surface area contributed by atoms with Crippen LogP contribution in [0.1, 0.15) is 30.6 Å². The number of phenolic OH excluding ortho intramolecular Hbond substituents is 1. The van der Waals surface area contributed by atoms with Gasteiger partial charge in [-0.3, -0.25) is 0 Å². The first-order valence-corrected chi connectivity index (χ1v) is 8.80. The van der Waals surface area contributed by atoms with Crippen LogP contribution in [-0.2, 0) is 4.74 Å². The van der Waals surface area contributed by atoms with Crippen LogP contribution in [0.5, 0.6) is 11.5 Å². The maximum absolute atomic E-state index is 10.6. The Hall–Kier alpha value is -2.98. The van der Waals surface area contributed by atoms with Crippen LogP contribution in [-0.4, -0.2) is 18.8 Å². The largest absolute Gasteiger partial charge is 0.507 e. The summed E-state index contributed by atoms with van der Waals surface area (Å²) in [5, 5.41) is 13.8. The maximum Gasteiger partial charge on any atom is 0.130 e. The number of anilines is 1. The van der Waals surface area contributed by atoms with Crippen LogP contribution in [0.15, 0.2) is 73.9 Å². The highest BCUT2D eigenvalue weighted by Gasteiger charge is 2.14. The molecule has 0 amide bonds. The van der Waals surface area contributed by atoms with Crippen molar-refractivity contribution in [1.82, 2.24) is 0 Å². The van der Waals surface area contributed by atoms with Crippen molar-refractivity contribution < 1.29 is 14.6 Å². The number of allylic oxidation sites excluding steroid dienone is 1. The minimum atomic E-state index is -0.209. The summed E-state index contributed by atoms with van der Waals surface area (Å²) in [5.41, 5.74) is 3.71. The highest BCUT2D eigenvalue weighted by Crippen LogP contribution is 2.33. The zero-order valence-corrected chi connectivity index (χ0v) is 16.0.